The molecule has 2 heterocycles. The quantitative estimate of drug-likeness (QED) is 0.550. The normalized spacial score (nSPS) is 19.0. The maximum absolute atomic E-state index is 11.8. The number of anilines is 1. The summed E-state index contributed by atoms with van der Waals surface area (Å²) in [6.45, 7) is 0.714. The number of hydrogen-bond donors (Lipinski definition) is 3. The van der Waals surface area contributed by atoms with Crippen molar-refractivity contribution in [1.29, 1.82) is 0 Å². The van der Waals surface area contributed by atoms with Crippen LogP contribution in [0, 0.1) is 0 Å². The fraction of sp³-hybridized carbons (Fsp3) is 0.455. The highest BCUT2D eigenvalue weighted by Crippen LogP contribution is 2.25. The highest BCUT2D eigenvalue weighted by molar-refractivity contribution is 8.00. The lowest BCUT2D eigenvalue weighted by Gasteiger charge is -2.10. The first-order valence-electron chi connectivity index (χ1n) is 5.62. The molecule has 1 amide bonds. The van der Waals surface area contributed by atoms with Gasteiger partial charge >= 0.3 is 0 Å². The highest BCUT2D eigenvalue weighted by atomic mass is 32.2. The molecular weight excluding hydrogens is 236 g/mol. The first kappa shape index (κ1) is 12.2. The molecule has 1 fully saturated rings. The van der Waals surface area contributed by atoms with Gasteiger partial charge in [0.1, 0.15) is 5.69 Å². The molecule has 1 unspecified atom stereocenters. The largest absolute Gasteiger partial charge is 0.350 e. The third-order valence-corrected chi connectivity index (χ3v) is 4.07. The minimum Gasteiger partial charge on any atom is -0.350 e. The molecular formula is C11H16N4OS. The fourth-order valence-electron chi connectivity index (χ4n) is 1.75. The van der Waals surface area contributed by atoms with Crippen LogP contribution in [0.5, 0.6) is 0 Å². The monoisotopic (exact) mass is 252 g/mol. The maximum Gasteiger partial charge on any atom is 0.269 e. The van der Waals surface area contributed by atoms with Gasteiger partial charge in [0.05, 0.1) is 5.69 Å². The molecule has 0 aliphatic carbocycles. The number of rotatable bonds is 4. The number of nitrogens with zero attached hydrogens (tertiary/aromatic N) is 1. The van der Waals surface area contributed by atoms with Crippen molar-refractivity contribution in [2.75, 3.05) is 17.7 Å². The van der Waals surface area contributed by atoms with Gasteiger partial charge in [-0.05, 0) is 30.7 Å². The maximum atomic E-state index is 11.8. The Kier molecular flexibility index (Phi) is 4.22. The van der Waals surface area contributed by atoms with Gasteiger partial charge < -0.3 is 10.7 Å². The van der Waals surface area contributed by atoms with Crippen LogP contribution in [0.2, 0.25) is 0 Å². The van der Waals surface area contributed by atoms with E-state index < -0.39 is 0 Å². The molecule has 5 nitrogen and oxygen atoms in total. The van der Waals surface area contributed by atoms with Crippen molar-refractivity contribution in [1.82, 2.24) is 10.3 Å². The molecule has 1 atom stereocenters. The number of nitrogens with two attached hydrogens (primary N) is 1. The van der Waals surface area contributed by atoms with Crippen LogP contribution in [0.4, 0.5) is 5.69 Å². The molecule has 0 aromatic carbocycles. The minimum atomic E-state index is -0.144. The number of amides is 1. The van der Waals surface area contributed by atoms with E-state index in [0.717, 1.165) is 0 Å². The lowest BCUT2D eigenvalue weighted by atomic mass is 10.2. The Hall–Kier alpha value is -1.27. The second-order valence-corrected chi connectivity index (χ2v) is 5.33. The van der Waals surface area contributed by atoms with E-state index in [1.165, 1.54) is 18.6 Å². The first-order valence-corrected chi connectivity index (χ1v) is 6.67. The Labute approximate surface area is 105 Å². The second-order valence-electron chi connectivity index (χ2n) is 3.92. The molecule has 0 bridgehead atoms. The molecule has 6 heteroatoms. The number of nitrogens with one attached hydrogen (secondary N) is 2. The van der Waals surface area contributed by atoms with Gasteiger partial charge in [0.2, 0.25) is 0 Å². The summed E-state index contributed by atoms with van der Waals surface area (Å²) >= 11 is 1.92. The van der Waals surface area contributed by atoms with E-state index in [0.29, 0.717) is 23.2 Å². The lowest BCUT2D eigenvalue weighted by Crippen LogP contribution is -2.30. The van der Waals surface area contributed by atoms with E-state index in [9.17, 15) is 4.79 Å². The number of nitrogen functional groups attached to an aromatic ring is 1. The van der Waals surface area contributed by atoms with Crippen LogP contribution in [0.1, 0.15) is 23.3 Å². The predicted molar refractivity (Wildman–Crippen MR) is 69.9 cm³/mol. The Morgan fingerprint density at radius 2 is 2.53 bits per heavy atom. The summed E-state index contributed by atoms with van der Waals surface area (Å²) in [5.74, 6) is 6.34. The first-order chi connectivity index (χ1) is 8.29. The van der Waals surface area contributed by atoms with Gasteiger partial charge in [0, 0.05) is 18.0 Å². The summed E-state index contributed by atoms with van der Waals surface area (Å²) in [7, 11) is 0. The van der Waals surface area contributed by atoms with Gasteiger partial charge in [-0.3, -0.25) is 15.6 Å². The summed E-state index contributed by atoms with van der Waals surface area (Å²) in [6, 6.07) is 3.35. The number of thioether (sulfide) groups is 1. The molecule has 0 spiro atoms. The lowest BCUT2D eigenvalue weighted by molar-refractivity contribution is 0.0949. The molecule has 1 aromatic heterocycles. The Morgan fingerprint density at radius 1 is 1.65 bits per heavy atom. The summed E-state index contributed by atoms with van der Waals surface area (Å²) in [5, 5.41) is 3.45. The van der Waals surface area contributed by atoms with Crippen LogP contribution >= 0.6 is 11.8 Å². The minimum absolute atomic E-state index is 0.144. The molecule has 1 saturated heterocycles. The van der Waals surface area contributed by atoms with E-state index in [2.05, 4.69) is 15.7 Å². The number of carbonyl (C=O) groups is 1. The Balaban J connectivity index is 1.89. The van der Waals surface area contributed by atoms with Crippen molar-refractivity contribution in [3.63, 3.8) is 0 Å². The van der Waals surface area contributed by atoms with Crippen molar-refractivity contribution in [2.24, 2.45) is 5.84 Å². The SMILES string of the molecule is NNc1ccnc(C(=O)NCC2CCCS2)c1. The average molecular weight is 252 g/mol. The summed E-state index contributed by atoms with van der Waals surface area (Å²) in [5.41, 5.74) is 3.57. The van der Waals surface area contributed by atoms with Crippen molar-refractivity contribution >= 4 is 23.4 Å². The third kappa shape index (κ3) is 3.34. The van der Waals surface area contributed by atoms with Crippen molar-refractivity contribution in [3.8, 4) is 0 Å². The standard InChI is InChI=1S/C11H16N4OS/c12-15-8-3-4-13-10(6-8)11(16)14-7-9-2-1-5-17-9/h3-4,6,9H,1-2,5,7,12H2,(H,13,15)(H,14,16). The zero-order valence-electron chi connectivity index (χ0n) is 9.48. The van der Waals surface area contributed by atoms with Gasteiger partial charge in [0.25, 0.3) is 5.91 Å². The second kappa shape index (κ2) is 5.88. The van der Waals surface area contributed by atoms with Crippen LogP contribution in [0.3, 0.4) is 0 Å². The molecule has 92 valence electrons. The van der Waals surface area contributed by atoms with E-state index in [-0.39, 0.29) is 5.91 Å². The van der Waals surface area contributed by atoms with E-state index >= 15 is 0 Å². The summed E-state index contributed by atoms with van der Waals surface area (Å²) < 4.78 is 0. The van der Waals surface area contributed by atoms with Crippen LogP contribution < -0.4 is 16.6 Å². The van der Waals surface area contributed by atoms with Crippen molar-refractivity contribution < 1.29 is 4.79 Å². The van der Waals surface area contributed by atoms with Gasteiger partial charge in [-0.15, -0.1) is 0 Å². The van der Waals surface area contributed by atoms with Gasteiger partial charge in [-0.25, -0.2) is 0 Å². The highest BCUT2D eigenvalue weighted by Gasteiger charge is 2.17. The molecule has 17 heavy (non-hydrogen) atoms. The Bertz CT molecular complexity index is 393. The summed E-state index contributed by atoms with van der Waals surface area (Å²) in [6.07, 6.45) is 3.99. The molecule has 4 N–H and O–H groups in total. The molecule has 0 radical (unpaired) electrons. The zero-order chi connectivity index (χ0) is 12.1. The zero-order valence-corrected chi connectivity index (χ0v) is 10.3. The smallest absolute Gasteiger partial charge is 0.269 e. The number of hydrogen-bond acceptors (Lipinski definition) is 5. The predicted octanol–water partition coefficient (Wildman–Crippen LogP) is 0.993. The fourth-order valence-corrected chi connectivity index (χ4v) is 2.95. The Morgan fingerprint density at radius 3 is 3.24 bits per heavy atom. The summed E-state index contributed by atoms with van der Waals surface area (Å²) in [4.78, 5) is 15.8. The van der Waals surface area contributed by atoms with Crippen LogP contribution in [-0.2, 0) is 0 Å². The number of aromatic nitrogens is 1. The number of carbonyl (C=O) groups excluding carboxylic acids is 1. The van der Waals surface area contributed by atoms with Crippen LogP contribution in [0.25, 0.3) is 0 Å². The van der Waals surface area contributed by atoms with Crippen molar-refractivity contribution in [3.05, 3.63) is 24.0 Å². The molecule has 1 aliphatic rings. The van der Waals surface area contributed by atoms with E-state index in [4.69, 9.17) is 5.84 Å². The molecule has 1 aromatic rings. The number of pyridine rings is 1. The topological polar surface area (TPSA) is 80.0 Å². The van der Waals surface area contributed by atoms with Gasteiger partial charge in [-0.1, -0.05) is 0 Å². The third-order valence-electron chi connectivity index (χ3n) is 2.67. The molecule has 2 rings (SSSR count). The number of hydrazine groups is 1. The average Bonchev–Trinajstić information content (AvgIpc) is 2.89. The van der Waals surface area contributed by atoms with E-state index in [1.807, 2.05) is 11.8 Å². The molecule has 1 aliphatic heterocycles. The van der Waals surface area contributed by atoms with Crippen LogP contribution in [0.15, 0.2) is 18.3 Å². The van der Waals surface area contributed by atoms with Crippen LogP contribution in [-0.4, -0.2) is 28.4 Å². The van der Waals surface area contributed by atoms with Crippen molar-refractivity contribution in [2.45, 2.75) is 18.1 Å². The van der Waals surface area contributed by atoms with E-state index in [1.54, 1.807) is 18.3 Å². The van der Waals surface area contributed by atoms with Gasteiger partial charge in [0.15, 0.2) is 0 Å². The van der Waals surface area contributed by atoms with Gasteiger partial charge in [-0.2, -0.15) is 11.8 Å². The molecule has 0 saturated carbocycles.